The number of fused-ring (bicyclic) bond motifs is 1. The van der Waals surface area contributed by atoms with Gasteiger partial charge in [0.05, 0.1) is 0 Å². The first-order chi connectivity index (χ1) is 11.3. The van der Waals surface area contributed by atoms with E-state index in [9.17, 15) is 9.90 Å². The van der Waals surface area contributed by atoms with Crippen LogP contribution in [0.3, 0.4) is 0 Å². The second kappa shape index (κ2) is 6.60. The van der Waals surface area contributed by atoms with Crippen LogP contribution in [0.25, 0.3) is 10.9 Å². The number of hydrogen-bond acceptors (Lipinski definition) is 2. The molecule has 1 aromatic heterocycles. The molecule has 0 aliphatic carbocycles. The van der Waals surface area contributed by atoms with Crippen molar-refractivity contribution in [3.63, 3.8) is 0 Å². The van der Waals surface area contributed by atoms with Crippen LogP contribution in [0, 0.1) is 0 Å². The van der Waals surface area contributed by atoms with Crippen LogP contribution in [0.2, 0.25) is 0 Å². The number of carbonyl (C=O) groups is 1. The van der Waals surface area contributed by atoms with Gasteiger partial charge in [0.1, 0.15) is 6.54 Å². The first-order valence-electron chi connectivity index (χ1n) is 8.91. The Morgan fingerprint density at radius 2 is 1.92 bits per heavy atom. The topological polar surface area (TPSA) is 45.5 Å². The van der Waals surface area contributed by atoms with Crippen molar-refractivity contribution < 1.29 is 9.90 Å². The SMILES string of the molecule is CC(C)(C)c1ccc2c(c1)c(CCN1CCCC1)cn2CC(=O)O. The number of rotatable bonds is 5. The first-order valence-corrected chi connectivity index (χ1v) is 8.91. The zero-order valence-corrected chi connectivity index (χ0v) is 15.0. The summed E-state index contributed by atoms with van der Waals surface area (Å²) in [6.45, 7) is 10.1. The molecule has 4 heteroatoms. The average molecular weight is 328 g/mol. The first kappa shape index (κ1) is 17.0. The van der Waals surface area contributed by atoms with E-state index in [4.69, 9.17) is 0 Å². The summed E-state index contributed by atoms with van der Waals surface area (Å²) in [5.41, 5.74) is 3.69. The molecule has 24 heavy (non-hydrogen) atoms. The number of hydrogen-bond donors (Lipinski definition) is 1. The molecular weight excluding hydrogens is 300 g/mol. The number of benzene rings is 1. The van der Waals surface area contributed by atoms with Crippen molar-refractivity contribution in [2.24, 2.45) is 0 Å². The highest BCUT2D eigenvalue weighted by molar-refractivity contribution is 5.86. The minimum atomic E-state index is -0.794. The van der Waals surface area contributed by atoms with Crippen molar-refractivity contribution in [3.05, 3.63) is 35.5 Å². The van der Waals surface area contributed by atoms with Crippen LogP contribution in [-0.2, 0) is 23.2 Å². The monoisotopic (exact) mass is 328 g/mol. The van der Waals surface area contributed by atoms with Gasteiger partial charge < -0.3 is 14.6 Å². The number of aliphatic carboxylic acids is 1. The lowest BCUT2D eigenvalue weighted by atomic mass is 9.86. The Bertz CT molecular complexity index is 734. The summed E-state index contributed by atoms with van der Waals surface area (Å²) in [6, 6.07) is 6.47. The van der Waals surface area contributed by atoms with Crippen molar-refractivity contribution in [2.75, 3.05) is 19.6 Å². The number of nitrogens with zero attached hydrogens (tertiary/aromatic N) is 2. The van der Waals surface area contributed by atoms with E-state index in [1.165, 1.54) is 42.4 Å². The predicted octanol–water partition coefficient (Wildman–Crippen LogP) is 3.66. The minimum absolute atomic E-state index is 0.0229. The molecule has 1 aliphatic heterocycles. The fourth-order valence-electron chi connectivity index (χ4n) is 3.60. The molecule has 0 atom stereocenters. The average Bonchev–Trinajstić information content (AvgIpc) is 3.12. The van der Waals surface area contributed by atoms with E-state index in [2.05, 4.69) is 43.9 Å². The van der Waals surface area contributed by atoms with Gasteiger partial charge in [-0.05, 0) is 61.0 Å². The highest BCUT2D eigenvalue weighted by atomic mass is 16.4. The van der Waals surface area contributed by atoms with Crippen molar-refractivity contribution in [1.82, 2.24) is 9.47 Å². The summed E-state index contributed by atoms with van der Waals surface area (Å²) in [7, 11) is 0. The molecule has 2 heterocycles. The lowest BCUT2D eigenvalue weighted by Gasteiger charge is -2.19. The van der Waals surface area contributed by atoms with E-state index in [0.717, 1.165) is 18.5 Å². The highest BCUT2D eigenvalue weighted by Crippen LogP contribution is 2.29. The Morgan fingerprint density at radius 3 is 2.54 bits per heavy atom. The molecule has 3 rings (SSSR count). The number of carboxylic acid groups (broad SMARTS) is 1. The Balaban J connectivity index is 1.95. The minimum Gasteiger partial charge on any atom is -0.480 e. The van der Waals surface area contributed by atoms with Crippen LogP contribution in [0.1, 0.15) is 44.7 Å². The van der Waals surface area contributed by atoms with Crippen molar-refractivity contribution in [1.29, 1.82) is 0 Å². The molecule has 0 bridgehead atoms. The zero-order valence-electron chi connectivity index (χ0n) is 15.0. The van der Waals surface area contributed by atoms with Crippen molar-refractivity contribution in [3.8, 4) is 0 Å². The van der Waals surface area contributed by atoms with Crippen LogP contribution in [-0.4, -0.2) is 40.2 Å². The fourth-order valence-corrected chi connectivity index (χ4v) is 3.60. The standard InChI is InChI=1S/C20H28N2O2/c1-20(2,3)16-6-7-18-17(12-16)15(13-22(18)14-19(23)24)8-11-21-9-4-5-10-21/h6-7,12-13H,4-5,8-11,14H2,1-3H3,(H,23,24). The third kappa shape index (κ3) is 3.64. The molecule has 0 radical (unpaired) electrons. The summed E-state index contributed by atoms with van der Waals surface area (Å²) >= 11 is 0. The van der Waals surface area contributed by atoms with Crippen molar-refractivity contribution in [2.45, 2.75) is 52.0 Å². The third-order valence-electron chi connectivity index (χ3n) is 5.03. The normalized spacial score (nSPS) is 16.1. The van der Waals surface area contributed by atoms with Gasteiger partial charge in [-0.1, -0.05) is 26.8 Å². The summed E-state index contributed by atoms with van der Waals surface area (Å²) in [5.74, 6) is -0.794. The van der Waals surface area contributed by atoms with Crippen LogP contribution in [0.4, 0.5) is 0 Å². The van der Waals surface area contributed by atoms with Crippen molar-refractivity contribution >= 4 is 16.9 Å². The van der Waals surface area contributed by atoms with E-state index in [1.807, 2.05) is 10.8 Å². The van der Waals surface area contributed by atoms with Gasteiger partial charge in [-0.15, -0.1) is 0 Å². The van der Waals surface area contributed by atoms with Gasteiger partial charge in [-0.3, -0.25) is 4.79 Å². The van der Waals surface area contributed by atoms with Crippen LogP contribution < -0.4 is 0 Å². The number of aromatic nitrogens is 1. The second-order valence-electron chi connectivity index (χ2n) is 7.96. The lowest BCUT2D eigenvalue weighted by Crippen LogP contribution is -2.21. The number of carboxylic acids is 1. The molecule has 4 nitrogen and oxygen atoms in total. The maximum atomic E-state index is 11.2. The van der Waals surface area contributed by atoms with Gasteiger partial charge in [-0.25, -0.2) is 0 Å². The Labute approximate surface area is 144 Å². The summed E-state index contributed by atoms with van der Waals surface area (Å²) < 4.78 is 1.88. The fraction of sp³-hybridized carbons (Fsp3) is 0.550. The van der Waals surface area contributed by atoms with E-state index >= 15 is 0 Å². The third-order valence-corrected chi connectivity index (χ3v) is 5.03. The molecule has 2 aromatic rings. The highest BCUT2D eigenvalue weighted by Gasteiger charge is 2.18. The van der Waals surface area contributed by atoms with Gasteiger partial charge in [0, 0.05) is 23.6 Å². The van der Waals surface area contributed by atoms with E-state index < -0.39 is 5.97 Å². The molecule has 0 unspecified atom stereocenters. The van der Waals surface area contributed by atoms with Gasteiger partial charge in [-0.2, -0.15) is 0 Å². The van der Waals surface area contributed by atoms with Gasteiger partial charge >= 0.3 is 5.97 Å². The van der Waals surface area contributed by atoms with Gasteiger partial charge in [0.2, 0.25) is 0 Å². The summed E-state index contributed by atoms with van der Waals surface area (Å²) in [6.07, 6.45) is 5.63. The molecular formula is C20H28N2O2. The van der Waals surface area contributed by atoms with E-state index in [-0.39, 0.29) is 12.0 Å². The summed E-state index contributed by atoms with van der Waals surface area (Å²) in [5, 5.41) is 10.4. The van der Waals surface area contributed by atoms with Gasteiger partial charge in [0.15, 0.2) is 0 Å². The molecule has 1 aromatic carbocycles. The van der Waals surface area contributed by atoms with Crippen LogP contribution in [0.15, 0.2) is 24.4 Å². The van der Waals surface area contributed by atoms with Gasteiger partial charge in [0.25, 0.3) is 0 Å². The van der Waals surface area contributed by atoms with E-state index in [0.29, 0.717) is 0 Å². The predicted molar refractivity (Wildman–Crippen MR) is 97.7 cm³/mol. The largest absolute Gasteiger partial charge is 0.480 e. The molecule has 1 N–H and O–H groups in total. The Hall–Kier alpha value is -1.81. The molecule has 1 saturated heterocycles. The molecule has 0 spiro atoms. The van der Waals surface area contributed by atoms with E-state index in [1.54, 1.807) is 0 Å². The molecule has 1 aliphatic rings. The second-order valence-corrected chi connectivity index (χ2v) is 7.96. The smallest absolute Gasteiger partial charge is 0.323 e. The van der Waals surface area contributed by atoms with Crippen LogP contribution in [0.5, 0.6) is 0 Å². The van der Waals surface area contributed by atoms with Crippen LogP contribution >= 0.6 is 0 Å². The maximum Gasteiger partial charge on any atom is 0.323 e. The molecule has 0 saturated carbocycles. The zero-order chi connectivity index (χ0) is 17.3. The quantitative estimate of drug-likeness (QED) is 0.911. The Kier molecular flexibility index (Phi) is 4.68. The Morgan fingerprint density at radius 1 is 1.21 bits per heavy atom. The summed E-state index contributed by atoms with van der Waals surface area (Å²) in [4.78, 5) is 13.7. The molecule has 130 valence electrons. The number of likely N-dealkylation sites (tertiary alicyclic amines) is 1. The maximum absolute atomic E-state index is 11.2. The lowest BCUT2D eigenvalue weighted by molar-refractivity contribution is -0.137. The molecule has 1 fully saturated rings. The molecule has 0 amide bonds.